The lowest BCUT2D eigenvalue weighted by atomic mass is 9.97. The van der Waals surface area contributed by atoms with E-state index in [4.69, 9.17) is 29.4 Å². The summed E-state index contributed by atoms with van der Waals surface area (Å²) in [6.45, 7) is 0.000559. The van der Waals surface area contributed by atoms with Crippen molar-refractivity contribution in [3.05, 3.63) is 24.5 Å². The molecule has 0 bridgehead atoms. The van der Waals surface area contributed by atoms with Crippen LogP contribution in [0.25, 0.3) is 11.2 Å². The summed E-state index contributed by atoms with van der Waals surface area (Å²) < 4.78 is 30.7. The minimum atomic E-state index is -1.75. The van der Waals surface area contributed by atoms with Crippen molar-refractivity contribution in [3.63, 3.8) is 0 Å². The van der Waals surface area contributed by atoms with Gasteiger partial charge in [0.15, 0.2) is 24.0 Å². The third-order valence-corrected chi connectivity index (χ3v) is 8.52. The van der Waals surface area contributed by atoms with Crippen LogP contribution in [0.1, 0.15) is 31.4 Å². The van der Waals surface area contributed by atoms with E-state index in [0.29, 0.717) is 36.4 Å². The number of hydrogen-bond acceptors (Lipinski definition) is 19. The van der Waals surface area contributed by atoms with Crippen LogP contribution >= 0.6 is 0 Å². The molecule has 2 fully saturated rings. The molecule has 10 atom stereocenters. The first kappa shape index (κ1) is 38.5. The smallest absolute Gasteiger partial charge is 0.407 e. The summed E-state index contributed by atoms with van der Waals surface area (Å²) >= 11 is 0. The standard InChI is InChI=1S/C29H45N9O13/c30-25-18-26(33-13-32-25)37(14-34-18)6-8-48-29(46)31-9-15-10-38(36-35-15)5-3-1-2-4-7-47-27-23(45)21(43)24(17(12-40)50-27)51-28-22(44)20(42)19(41)16(11-39)49-28/h10,13-14,16-17,19-24,27-28,39-45H,1-9,11-12H2,(H,31,46)(H2,30,32,33)/t16?,17?,19-,20-,21+,22?,23?,24+,27+,28-/m0/s1. The molecule has 10 N–H and O–H groups in total. The van der Waals surface area contributed by atoms with Crippen molar-refractivity contribution in [2.45, 2.75) is 107 Å². The molecule has 3 aromatic heterocycles. The van der Waals surface area contributed by atoms with Gasteiger partial charge >= 0.3 is 6.09 Å². The third kappa shape index (κ3) is 9.61. The summed E-state index contributed by atoms with van der Waals surface area (Å²) in [6.07, 6.45) is -8.03. The minimum Gasteiger partial charge on any atom is -0.448 e. The largest absolute Gasteiger partial charge is 0.448 e. The summed E-state index contributed by atoms with van der Waals surface area (Å²) in [5.74, 6) is 0.271. The van der Waals surface area contributed by atoms with Crippen LogP contribution < -0.4 is 11.1 Å². The molecular weight excluding hydrogens is 682 g/mol. The Balaban J connectivity index is 0.939. The van der Waals surface area contributed by atoms with Crippen molar-refractivity contribution in [1.82, 2.24) is 39.8 Å². The summed E-state index contributed by atoms with van der Waals surface area (Å²) in [5, 5.41) is 81.6. The maximum atomic E-state index is 12.1. The molecule has 284 valence electrons. The van der Waals surface area contributed by atoms with Crippen molar-refractivity contribution < 1.29 is 64.2 Å². The second-order valence-electron chi connectivity index (χ2n) is 12.1. The SMILES string of the molecule is Nc1ncnc2c1ncn2CCOC(=O)NCc1cn(CCCCCCO[C@@H]2OC(CO)[C@@H](O[C@@H]3OC(CO)[C@H](O)[C@H](O)C3O)[C@H](O)C2O)nn1. The second kappa shape index (κ2) is 18.2. The van der Waals surface area contributed by atoms with Crippen molar-refractivity contribution in [1.29, 1.82) is 0 Å². The first-order chi connectivity index (χ1) is 24.6. The summed E-state index contributed by atoms with van der Waals surface area (Å²) in [7, 11) is 0. The van der Waals surface area contributed by atoms with E-state index >= 15 is 0 Å². The van der Waals surface area contributed by atoms with E-state index in [9.17, 15) is 40.5 Å². The van der Waals surface area contributed by atoms with Gasteiger partial charge in [-0.05, 0) is 12.8 Å². The Bertz CT molecular complexity index is 1530. The number of amides is 1. The Morgan fingerprint density at radius 1 is 0.863 bits per heavy atom. The van der Waals surface area contributed by atoms with Crippen LogP contribution in [0.15, 0.2) is 18.9 Å². The number of nitrogens with two attached hydrogens (primary N) is 1. The minimum absolute atomic E-state index is 0.0856. The molecule has 0 aromatic carbocycles. The van der Waals surface area contributed by atoms with E-state index < -0.39 is 80.7 Å². The van der Waals surface area contributed by atoms with E-state index in [1.54, 1.807) is 21.8 Å². The number of aryl methyl sites for hydroxylation is 1. The average molecular weight is 728 g/mol. The fourth-order valence-electron chi connectivity index (χ4n) is 5.66. The highest BCUT2D eigenvalue weighted by atomic mass is 16.7. The molecule has 0 aliphatic carbocycles. The number of alkyl carbamates (subject to hydrolysis) is 1. The zero-order chi connectivity index (χ0) is 36.5. The number of nitrogens with zero attached hydrogens (tertiary/aromatic N) is 7. The van der Waals surface area contributed by atoms with Crippen molar-refractivity contribution in [2.75, 3.05) is 32.2 Å². The third-order valence-electron chi connectivity index (χ3n) is 8.52. The quantitative estimate of drug-likeness (QED) is 0.0601. The fourth-order valence-corrected chi connectivity index (χ4v) is 5.66. The molecule has 0 radical (unpaired) electrons. The maximum Gasteiger partial charge on any atom is 0.407 e. The fraction of sp³-hybridized carbons (Fsp3) is 0.724. The zero-order valence-corrected chi connectivity index (χ0v) is 27.6. The van der Waals surface area contributed by atoms with Gasteiger partial charge in [-0.15, -0.1) is 5.10 Å². The molecule has 4 unspecified atom stereocenters. The Labute approximate surface area is 290 Å². The molecule has 5 rings (SSSR count). The number of imidazole rings is 1. The number of aliphatic hydroxyl groups excluding tert-OH is 7. The first-order valence-corrected chi connectivity index (χ1v) is 16.5. The lowest BCUT2D eigenvalue weighted by Crippen LogP contribution is -2.64. The molecule has 5 heterocycles. The Morgan fingerprint density at radius 3 is 2.39 bits per heavy atom. The van der Waals surface area contributed by atoms with Gasteiger partial charge in [0, 0.05) is 13.2 Å². The van der Waals surface area contributed by atoms with E-state index in [0.717, 1.165) is 19.3 Å². The number of ether oxygens (including phenoxy) is 5. The van der Waals surface area contributed by atoms with Crippen LogP contribution in [0.2, 0.25) is 0 Å². The summed E-state index contributed by atoms with van der Waals surface area (Å²) in [4.78, 5) is 24.3. The summed E-state index contributed by atoms with van der Waals surface area (Å²) in [5.41, 5.74) is 7.36. The zero-order valence-electron chi connectivity index (χ0n) is 27.6. The Morgan fingerprint density at radius 2 is 1.61 bits per heavy atom. The van der Waals surface area contributed by atoms with E-state index in [1.807, 2.05) is 0 Å². The molecule has 51 heavy (non-hydrogen) atoms. The van der Waals surface area contributed by atoms with Gasteiger partial charge in [-0.1, -0.05) is 18.1 Å². The topological polar surface area (TPSA) is 317 Å². The van der Waals surface area contributed by atoms with E-state index in [2.05, 4.69) is 30.6 Å². The van der Waals surface area contributed by atoms with Gasteiger partial charge in [0.25, 0.3) is 0 Å². The summed E-state index contributed by atoms with van der Waals surface area (Å²) in [6, 6.07) is 0. The molecule has 0 saturated carbocycles. The normalized spacial score (nSPS) is 29.7. The molecule has 22 nitrogen and oxygen atoms in total. The van der Waals surface area contributed by atoms with Crippen LogP contribution in [-0.4, -0.2) is 164 Å². The van der Waals surface area contributed by atoms with E-state index in [-0.39, 0.29) is 25.6 Å². The number of carbonyl (C=O) groups is 1. The lowest BCUT2D eigenvalue weighted by Gasteiger charge is -2.45. The maximum absolute atomic E-state index is 12.1. The van der Waals surface area contributed by atoms with Gasteiger partial charge in [0.2, 0.25) is 0 Å². The lowest BCUT2D eigenvalue weighted by molar-refractivity contribution is -0.359. The number of nitrogen functional groups attached to an aromatic ring is 1. The Hall–Kier alpha value is -3.68. The van der Waals surface area contributed by atoms with Gasteiger partial charge in [-0.3, -0.25) is 4.68 Å². The van der Waals surface area contributed by atoms with Gasteiger partial charge < -0.3 is 75.0 Å². The molecule has 0 spiro atoms. The van der Waals surface area contributed by atoms with Crippen LogP contribution in [-0.2, 0) is 43.3 Å². The Kier molecular flexibility index (Phi) is 13.7. The van der Waals surface area contributed by atoms with Gasteiger partial charge in [-0.25, -0.2) is 19.7 Å². The van der Waals surface area contributed by atoms with Crippen LogP contribution in [0.3, 0.4) is 0 Å². The molecule has 1 amide bonds. The van der Waals surface area contributed by atoms with Crippen LogP contribution in [0, 0.1) is 0 Å². The van der Waals surface area contributed by atoms with Crippen LogP contribution in [0.4, 0.5) is 10.6 Å². The average Bonchev–Trinajstić information content (AvgIpc) is 3.77. The van der Waals surface area contributed by atoms with Gasteiger partial charge in [0.1, 0.15) is 73.0 Å². The molecule has 3 aromatic rings. The molecule has 22 heteroatoms. The van der Waals surface area contributed by atoms with Crippen LogP contribution in [0.5, 0.6) is 0 Å². The highest BCUT2D eigenvalue weighted by molar-refractivity contribution is 5.81. The highest BCUT2D eigenvalue weighted by Gasteiger charge is 2.50. The number of nitrogens with one attached hydrogen (secondary N) is 1. The molecule has 2 aliphatic rings. The van der Waals surface area contributed by atoms with Gasteiger partial charge in [-0.2, -0.15) is 0 Å². The predicted molar refractivity (Wildman–Crippen MR) is 169 cm³/mol. The number of aromatic nitrogens is 7. The second-order valence-corrected chi connectivity index (χ2v) is 12.1. The first-order valence-electron chi connectivity index (χ1n) is 16.5. The van der Waals surface area contributed by atoms with Gasteiger partial charge in [0.05, 0.1) is 38.8 Å². The predicted octanol–water partition coefficient (Wildman–Crippen LogP) is -3.87. The number of anilines is 1. The number of carbonyl (C=O) groups excluding carboxylic acids is 1. The molecule has 2 aliphatic heterocycles. The number of unbranched alkanes of at least 4 members (excludes halogenated alkanes) is 3. The molecule has 2 saturated heterocycles. The van der Waals surface area contributed by atoms with Crippen molar-refractivity contribution in [3.8, 4) is 0 Å². The molecular formula is C29H45N9O13. The van der Waals surface area contributed by atoms with Crippen molar-refractivity contribution >= 4 is 23.1 Å². The monoisotopic (exact) mass is 727 g/mol. The number of aliphatic hydroxyl groups is 7. The highest BCUT2D eigenvalue weighted by Crippen LogP contribution is 2.29. The van der Waals surface area contributed by atoms with E-state index in [1.165, 1.54) is 6.33 Å². The number of hydrogen-bond donors (Lipinski definition) is 9. The number of fused-ring (bicyclic) bond motifs is 1. The van der Waals surface area contributed by atoms with Crippen molar-refractivity contribution in [2.24, 2.45) is 0 Å². The number of rotatable bonds is 17.